The zero-order valence-corrected chi connectivity index (χ0v) is 12.1. The Balaban J connectivity index is 2.24. The second kappa shape index (κ2) is 5.11. The SMILES string of the molecule is COc1ccc(-c2cc(=O)c3c(C)cc(O)cc3o2)cc1O. The molecule has 0 saturated carbocycles. The van der Waals surface area contributed by atoms with E-state index in [1.165, 1.54) is 31.4 Å². The molecule has 3 rings (SSSR count). The van der Waals surface area contributed by atoms with Crippen molar-refractivity contribution in [1.29, 1.82) is 0 Å². The van der Waals surface area contributed by atoms with Crippen LogP contribution in [0.5, 0.6) is 17.2 Å². The number of aryl methyl sites for hydroxylation is 1. The van der Waals surface area contributed by atoms with Crippen molar-refractivity contribution in [2.75, 3.05) is 7.11 Å². The molecule has 3 aromatic rings. The van der Waals surface area contributed by atoms with E-state index in [-0.39, 0.29) is 16.9 Å². The summed E-state index contributed by atoms with van der Waals surface area (Å²) in [6.45, 7) is 1.73. The minimum Gasteiger partial charge on any atom is -0.508 e. The Morgan fingerprint density at radius 1 is 1.09 bits per heavy atom. The molecule has 2 N–H and O–H groups in total. The van der Waals surface area contributed by atoms with Gasteiger partial charge in [0.15, 0.2) is 16.9 Å². The van der Waals surface area contributed by atoms with Crippen molar-refractivity contribution in [2.24, 2.45) is 0 Å². The quantitative estimate of drug-likeness (QED) is 0.759. The predicted octanol–water partition coefficient (Wildman–Crippen LogP) is 3.19. The molecule has 5 heteroatoms. The number of hydrogen-bond acceptors (Lipinski definition) is 5. The van der Waals surface area contributed by atoms with Crippen LogP contribution in [0.3, 0.4) is 0 Å². The predicted molar refractivity (Wildman–Crippen MR) is 82.5 cm³/mol. The van der Waals surface area contributed by atoms with Gasteiger partial charge in [0.1, 0.15) is 17.1 Å². The third-order valence-electron chi connectivity index (χ3n) is 3.48. The molecule has 0 bridgehead atoms. The maximum atomic E-state index is 12.3. The highest BCUT2D eigenvalue weighted by molar-refractivity contribution is 5.83. The van der Waals surface area contributed by atoms with Crippen LogP contribution < -0.4 is 10.2 Å². The van der Waals surface area contributed by atoms with Crippen molar-refractivity contribution >= 4 is 11.0 Å². The number of rotatable bonds is 2. The Morgan fingerprint density at radius 3 is 2.55 bits per heavy atom. The number of phenols is 2. The summed E-state index contributed by atoms with van der Waals surface area (Å²) in [7, 11) is 1.45. The van der Waals surface area contributed by atoms with Gasteiger partial charge >= 0.3 is 0 Å². The molecule has 0 radical (unpaired) electrons. The van der Waals surface area contributed by atoms with Crippen LogP contribution in [0, 0.1) is 6.92 Å². The third-order valence-corrected chi connectivity index (χ3v) is 3.48. The van der Waals surface area contributed by atoms with Crippen LogP contribution in [0.4, 0.5) is 0 Å². The lowest BCUT2D eigenvalue weighted by Crippen LogP contribution is -2.02. The molecule has 0 unspecified atom stereocenters. The van der Waals surface area contributed by atoms with Gasteiger partial charge < -0.3 is 19.4 Å². The second-order valence-electron chi connectivity index (χ2n) is 5.00. The fraction of sp³-hybridized carbons (Fsp3) is 0.118. The highest BCUT2D eigenvalue weighted by Gasteiger charge is 2.12. The second-order valence-corrected chi connectivity index (χ2v) is 5.00. The Labute approximate surface area is 126 Å². The Bertz CT molecular complexity index is 924. The molecule has 0 amide bonds. The number of benzene rings is 2. The Kier molecular flexibility index (Phi) is 3.25. The standard InChI is InChI=1S/C17H14O5/c1-9-5-11(18)7-16-17(9)13(20)8-15(22-16)10-3-4-14(21-2)12(19)6-10/h3-8,18-19H,1-2H3. The fourth-order valence-electron chi connectivity index (χ4n) is 2.46. The van der Waals surface area contributed by atoms with Gasteiger partial charge in [0, 0.05) is 17.7 Å². The van der Waals surface area contributed by atoms with Gasteiger partial charge in [0.2, 0.25) is 0 Å². The summed E-state index contributed by atoms with van der Waals surface area (Å²) in [4.78, 5) is 12.3. The van der Waals surface area contributed by atoms with Crippen molar-refractivity contribution in [1.82, 2.24) is 0 Å². The monoisotopic (exact) mass is 298 g/mol. The van der Waals surface area contributed by atoms with E-state index in [9.17, 15) is 15.0 Å². The maximum Gasteiger partial charge on any atom is 0.193 e. The molecule has 1 heterocycles. The number of fused-ring (bicyclic) bond motifs is 1. The fourth-order valence-corrected chi connectivity index (χ4v) is 2.46. The first-order valence-corrected chi connectivity index (χ1v) is 6.64. The summed E-state index contributed by atoms with van der Waals surface area (Å²) in [5.74, 6) is 0.624. The van der Waals surface area contributed by atoms with Crippen molar-refractivity contribution in [3.63, 3.8) is 0 Å². The summed E-state index contributed by atoms with van der Waals surface area (Å²) < 4.78 is 10.7. The lowest BCUT2D eigenvalue weighted by molar-refractivity contribution is 0.373. The average molecular weight is 298 g/mol. The summed E-state index contributed by atoms with van der Waals surface area (Å²) in [5, 5.41) is 19.9. The summed E-state index contributed by atoms with van der Waals surface area (Å²) in [5.41, 5.74) is 1.28. The number of methoxy groups -OCH3 is 1. The van der Waals surface area contributed by atoms with Gasteiger partial charge in [0.05, 0.1) is 12.5 Å². The first-order chi connectivity index (χ1) is 10.5. The van der Waals surface area contributed by atoms with Gasteiger partial charge in [-0.15, -0.1) is 0 Å². The summed E-state index contributed by atoms with van der Waals surface area (Å²) in [6.07, 6.45) is 0. The highest BCUT2D eigenvalue weighted by atomic mass is 16.5. The van der Waals surface area contributed by atoms with Crippen molar-refractivity contribution in [3.05, 3.63) is 52.2 Å². The van der Waals surface area contributed by atoms with Crippen LogP contribution in [0.2, 0.25) is 0 Å². The number of aromatic hydroxyl groups is 2. The minimum atomic E-state index is -0.205. The van der Waals surface area contributed by atoms with E-state index in [4.69, 9.17) is 9.15 Å². The van der Waals surface area contributed by atoms with Crippen molar-refractivity contribution in [3.8, 4) is 28.6 Å². The molecule has 2 aromatic carbocycles. The number of ether oxygens (including phenoxy) is 1. The molecule has 0 aliphatic heterocycles. The largest absolute Gasteiger partial charge is 0.508 e. The summed E-state index contributed by atoms with van der Waals surface area (Å²) in [6, 6.07) is 9.00. The molecule has 0 fully saturated rings. The van der Waals surface area contributed by atoms with E-state index in [0.717, 1.165) is 0 Å². The van der Waals surface area contributed by atoms with Gasteiger partial charge in [-0.1, -0.05) is 0 Å². The Morgan fingerprint density at radius 2 is 1.86 bits per heavy atom. The van der Waals surface area contributed by atoms with Gasteiger partial charge in [-0.05, 0) is 36.8 Å². The number of phenolic OH excluding ortho intramolecular Hbond substituents is 2. The van der Waals surface area contributed by atoms with E-state index in [0.29, 0.717) is 33.6 Å². The third kappa shape index (κ3) is 2.26. The van der Waals surface area contributed by atoms with Crippen molar-refractivity contribution < 1.29 is 19.4 Å². The van der Waals surface area contributed by atoms with E-state index in [2.05, 4.69) is 0 Å². The molecule has 0 aliphatic rings. The molecule has 0 saturated heterocycles. The average Bonchev–Trinajstić information content (AvgIpc) is 2.45. The van der Waals surface area contributed by atoms with E-state index >= 15 is 0 Å². The first-order valence-electron chi connectivity index (χ1n) is 6.64. The molecular formula is C17H14O5. The first kappa shape index (κ1) is 14.0. The van der Waals surface area contributed by atoms with Crippen LogP contribution in [-0.2, 0) is 0 Å². The molecule has 5 nitrogen and oxygen atoms in total. The van der Waals surface area contributed by atoms with Crippen LogP contribution in [-0.4, -0.2) is 17.3 Å². The molecule has 112 valence electrons. The lowest BCUT2D eigenvalue weighted by atomic mass is 10.1. The highest BCUT2D eigenvalue weighted by Crippen LogP contribution is 2.32. The lowest BCUT2D eigenvalue weighted by Gasteiger charge is -2.08. The van der Waals surface area contributed by atoms with Gasteiger partial charge in [-0.3, -0.25) is 4.79 Å². The van der Waals surface area contributed by atoms with Gasteiger partial charge in [0.25, 0.3) is 0 Å². The van der Waals surface area contributed by atoms with Crippen LogP contribution in [0.25, 0.3) is 22.3 Å². The molecule has 0 aliphatic carbocycles. The van der Waals surface area contributed by atoms with Crippen LogP contribution in [0.15, 0.2) is 45.6 Å². The van der Waals surface area contributed by atoms with Crippen LogP contribution >= 0.6 is 0 Å². The van der Waals surface area contributed by atoms with Gasteiger partial charge in [-0.25, -0.2) is 0 Å². The zero-order valence-electron chi connectivity index (χ0n) is 12.1. The van der Waals surface area contributed by atoms with E-state index in [1.807, 2.05) is 0 Å². The maximum absolute atomic E-state index is 12.3. The minimum absolute atomic E-state index is 0.0304. The van der Waals surface area contributed by atoms with Crippen molar-refractivity contribution in [2.45, 2.75) is 6.92 Å². The molecule has 0 spiro atoms. The topological polar surface area (TPSA) is 79.9 Å². The van der Waals surface area contributed by atoms with E-state index < -0.39 is 0 Å². The Hall–Kier alpha value is -2.95. The van der Waals surface area contributed by atoms with Crippen LogP contribution in [0.1, 0.15) is 5.56 Å². The number of hydrogen-bond donors (Lipinski definition) is 2. The zero-order chi connectivity index (χ0) is 15.9. The molecular weight excluding hydrogens is 284 g/mol. The summed E-state index contributed by atoms with van der Waals surface area (Å²) >= 11 is 0. The molecule has 22 heavy (non-hydrogen) atoms. The van der Waals surface area contributed by atoms with E-state index in [1.54, 1.807) is 19.1 Å². The normalized spacial score (nSPS) is 10.8. The molecule has 1 aromatic heterocycles. The molecule has 0 atom stereocenters. The smallest absolute Gasteiger partial charge is 0.193 e. The van der Waals surface area contributed by atoms with Gasteiger partial charge in [-0.2, -0.15) is 0 Å².